The fourth-order valence-electron chi connectivity index (χ4n) is 3.08. The normalized spacial score (nSPS) is 10.8. The Morgan fingerprint density at radius 3 is 2.50 bits per heavy atom. The molecular formula is C26H22N2O4. The summed E-state index contributed by atoms with van der Waals surface area (Å²) in [6.07, 6.45) is 2.29. The zero-order valence-electron chi connectivity index (χ0n) is 17.5. The van der Waals surface area contributed by atoms with Crippen LogP contribution in [0.4, 0.5) is 5.69 Å². The van der Waals surface area contributed by atoms with Crippen LogP contribution in [0.5, 0.6) is 5.75 Å². The molecule has 0 aliphatic carbocycles. The number of amides is 1. The van der Waals surface area contributed by atoms with Crippen LogP contribution < -0.4 is 10.1 Å². The van der Waals surface area contributed by atoms with Gasteiger partial charge in [-0.1, -0.05) is 49.4 Å². The maximum Gasteiger partial charge on any atom is 0.335 e. The lowest BCUT2D eigenvalue weighted by molar-refractivity contribution is -0.112. The largest absolute Gasteiger partial charge is 0.489 e. The standard InChI is InChI=1S/C26H22N2O4/c1-2-20-7-3-4-9-24(20)28-25(29)22(16-27)14-18-10-12-23(13-11-18)32-17-19-6-5-8-21(15-19)26(30)31/h3-15H,2,17H2,1H3,(H,28,29)(H,30,31). The number of benzene rings is 3. The summed E-state index contributed by atoms with van der Waals surface area (Å²) in [6.45, 7) is 2.22. The van der Waals surface area contributed by atoms with Gasteiger partial charge in [-0.3, -0.25) is 4.79 Å². The lowest BCUT2D eigenvalue weighted by atomic mass is 10.1. The fraction of sp³-hybridized carbons (Fsp3) is 0.115. The van der Waals surface area contributed by atoms with E-state index >= 15 is 0 Å². The number of nitrogens with one attached hydrogen (secondary N) is 1. The monoisotopic (exact) mass is 426 g/mol. The van der Waals surface area contributed by atoms with E-state index in [1.165, 1.54) is 12.1 Å². The van der Waals surface area contributed by atoms with Gasteiger partial charge in [-0.2, -0.15) is 5.26 Å². The van der Waals surface area contributed by atoms with E-state index in [0.717, 1.165) is 17.5 Å². The van der Waals surface area contributed by atoms with Crippen molar-refractivity contribution >= 4 is 23.6 Å². The Labute approximate surface area is 186 Å². The number of anilines is 1. The average Bonchev–Trinajstić information content (AvgIpc) is 2.82. The molecule has 0 radical (unpaired) electrons. The summed E-state index contributed by atoms with van der Waals surface area (Å²) in [5.74, 6) is -0.867. The van der Waals surface area contributed by atoms with E-state index in [2.05, 4.69) is 5.32 Å². The van der Waals surface area contributed by atoms with Gasteiger partial charge in [0.15, 0.2) is 0 Å². The molecule has 0 spiro atoms. The van der Waals surface area contributed by atoms with Crippen molar-refractivity contribution in [2.75, 3.05) is 5.32 Å². The summed E-state index contributed by atoms with van der Waals surface area (Å²) >= 11 is 0. The summed E-state index contributed by atoms with van der Waals surface area (Å²) in [6, 6.07) is 22.9. The van der Waals surface area contributed by atoms with Crippen molar-refractivity contribution in [1.82, 2.24) is 0 Å². The van der Waals surface area contributed by atoms with Crippen molar-refractivity contribution in [2.45, 2.75) is 20.0 Å². The molecule has 0 saturated heterocycles. The Morgan fingerprint density at radius 2 is 1.81 bits per heavy atom. The molecule has 3 rings (SSSR count). The van der Waals surface area contributed by atoms with Crippen molar-refractivity contribution in [3.63, 3.8) is 0 Å². The Balaban J connectivity index is 1.66. The Kier molecular flexibility index (Phi) is 7.39. The number of carboxylic acids is 1. The summed E-state index contributed by atoms with van der Waals surface area (Å²) in [5, 5.41) is 21.3. The highest BCUT2D eigenvalue weighted by atomic mass is 16.5. The molecular weight excluding hydrogens is 404 g/mol. The van der Waals surface area contributed by atoms with E-state index in [-0.39, 0.29) is 17.7 Å². The van der Waals surface area contributed by atoms with Crippen molar-refractivity contribution in [1.29, 1.82) is 5.26 Å². The first-order chi connectivity index (χ1) is 15.5. The third kappa shape index (κ3) is 5.83. The summed E-state index contributed by atoms with van der Waals surface area (Å²) < 4.78 is 5.71. The van der Waals surface area contributed by atoms with Crippen LogP contribution in [0.15, 0.2) is 78.4 Å². The molecule has 0 fully saturated rings. The topological polar surface area (TPSA) is 99.4 Å². The molecule has 0 heterocycles. The number of carbonyl (C=O) groups excluding carboxylic acids is 1. The minimum atomic E-state index is -0.987. The average molecular weight is 426 g/mol. The van der Waals surface area contributed by atoms with Crippen LogP contribution in [0.25, 0.3) is 6.08 Å². The SMILES string of the molecule is CCc1ccccc1NC(=O)C(C#N)=Cc1ccc(OCc2cccc(C(=O)O)c2)cc1. The number of rotatable bonds is 8. The van der Waals surface area contributed by atoms with Gasteiger partial charge >= 0.3 is 5.97 Å². The highest BCUT2D eigenvalue weighted by Gasteiger charge is 2.11. The van der Waals surface area contributed by atoms with Gasteiger partial charge in [0.1, 0.15) is 24.0 Å². The number of carboxylic acid groups (broad SMARTS) is 1. The molecule has 0 saturated carbocycles. The second-order valence-electron chi connectivity index (χ2n) is 7.00. The van der Waals surface area contributed by atoms with E-state index in [4.69, 9.17) is 9.84 Å². The molecule has 1 amide bonds. The quantitative estimate of drug-likeness (QED) is 0.387. The predicted octanol–water partition coefficient (Wildman–Crippen LogP) is 5.07. The van der Waals surface area contributed by atoms with Gasteiger partial charge in [0.05, 0.1) is 5.56 Å². The minimum absolute atomic E-state index is 0.00457. The Hall–Kier alpha value is -4.37. The van der Waals surface area contributed by atoms with E-state index in [0.29, 0.717) is 17.0 Å². The molecule has 2 N–H and O–H groups in total. The maximum absolute atomic E-state index is 12.5. The zero-order valence-corrected chi connectivity index (χ0v) is 17.5. The third-order valence-corrected chi connectivity index (χ3v) is 4.78. The van der Waals surface area contributed by atoms with Crippen LogP contribution in [0.3, 0.4) is 0 Å². The number of aryl methyl sites for hydroxylation is 1. The number of hydrogen-bond acceptors (Lipinski definition) is 4. The lowest BCUT2D eigenvalue weighted by Crippen LogP contribution is -2.14. The molecule has 3 aromatic rings. The van der Waals surface area contributed by atoms with Gasteiger partial charge < -0.3 is 15.2 Å². The lowest BCUT2D eigenvalue weighted by Gasteiger charge is -2.09. The fourth-order valence-corrected chi connectivity index (χ4v) is 3.08. The highest BCUT2D eigenvalue weighted by Crippen LogP contribution is 2.19. The first-order valence-electron chi connectivity index (χ1n) is 10.1. The number of hydrogen-bond donors (Lipinski definition) is 2. The van der Waals surface area contributed by atoms with Crippen LogP contribution in [0.2, 0.25) is 0 Å². The van der Waals surface area contributed by atoms with Crippen molar-refractivity contribution in [3.8, 4) is 11.8 Å². The summed E-state index contributed by atoms with van der Waals surface area (Å²) in [5.41, 5.74) is 3.31. The number of para-hydroxylation sites is 1. The molecule has 6 nitrogen and oxygen atoms in total. The van der Waals surface area contributed by atoms with Crippen molar-refractivity contribution < 1.29 is 19.4 Å². The van der Waals surface area contributed by atoms with Crippen LogP contribution in [-0.2, 0) is 17.8 Å². The molecule has 0 aliphatic rings. The van der Waals surface area contributed by atoms with Gasteiger partial charge in [-0.15, -0.1) is 0 Å². The van der Waals surface area contributed by atoms with Gasteiger partial charge in [0.2, 0.25) is 0 Å². The Morgan fingerprint density at radius 1 is 1.06 bits per heavy atom. The van der Waals surface area contributed by atoms with Gasteiger partial charge in [0.25, 0.3) is 5.91 Å². The molecule has 32 heavy (non-hydrogen) atoms. The smallest absolute Gasteiger partial charge is 0.335 e. The van der Waals surface area contributed by atoms with Crippen molar-refractivity contribution in [3.05, 3.63) is 101 Å². The molecule has 0 aromatic heterocycles. The van der Waals surface area contributed by atoms with Crippen molar-refractivity contribution in [2.24, 2.45) is 0 Å². The molecule has 6 heteroatoms. The second kappa shape index (κ2) is 10.6. The highest BCUT2D eigenvalue weighted by molar-refractivity contribution is 6.10. The first kappa shape index (κ1) is 22.3. The second-order valence-corrected chi connectivity index (χ2v) is 7.00. The number of nitrogens with zero attached hydrogens (tertiary/aromatic N) is 1. The number of aromatic carboxylic acids is 1. The summed E-state index contributed by atoms with van der Waals surface area (Å²) in [4.78, 5) is 23.6. The molecule has 160 valence electrons. The molecule has 0 atom stereocenters. The van der Waals surface area contributed by atoms with E-state index < -0.39 is 11.9 Å². The van der Waals surface area contributed by atoms with Crippen LogP contribution in [0.1, 0.15) is 34.0 Å². The van der Waals surface area contributed by atoms with E-state index in [1.54, 1.807) is 42.5 Å². The Bertz CT molecular complexity index is 1190. The van der Waals surface area contributed by atoms with Gasteiger partial charge in [0, 0.05) is 5.69 Å². The van der Waals surface area contributed by atoms with Gasteiger partial charge in [-0.05, 0) is 59.5 Å². The van der Waals surface area contributed by atoms with Crippen LogP contribution in [0, 0.1) is 11.3 Å². The predicted molar refractivity (Wildman–Crippen MR) is 122 cm³/mol. The maximum atomic E-state index is 12.5. The van der Waals surface area contributed by atoms with Crippen LogP contribution in [-0.4, -0.2) is 17.0 Å². The summed E-state index contributed by atoms with van der Waals surface area (Å²) in [7, 11) is 0. The van der Waals surface area contributed by atoms with E-state index in [1.807, 2.05) is 37.3 Å². The van der Waals surface area contributed by atoms with Crippen LogP contribution >= 0.6 is 0 Å². The zero-order chi connectivity index (χ0) is 22.9. The molecule has 0 aliphatic heterocycles. The third-order valence-electron chi connectivity index (χ3n) is 4.78. The number of nitriles is 1. The molecule has 3 aromatic carbocycles. The first-order valence-corrected chi connectivity index (χ1v) is 10.1. The number of carbonyl (C=O) groups is 2. The molecule has 0 unspecified atom stereocenters. The van der Waals surface area contributed by atoms with E-state index in [9.17, 15) is 14.9 Å². The molecule has 0 bridgehead atoms. The minimum Gasteiger partial charge on any atom is -0.489 e. The number of ether oxygens (including phenoxy) is 1. The van der Waals surface area contributed by atoms with Gasteiger partial charge in [-0.25, -0.2) is 4.79 Å².